The number of halogens is 1. The molecule has 1 unspecified atom stereocenters. The third-order valence-electron chi connectivity index (χ3n) is 2.97. The summed E-state index contributed by atoms with van der Waals surface area (Å²) in [4.78, 5) is 2.16. The molecule has 1 aromatic heterocycles. The third kappa shape index (κ3) is 5.64. The Kier molecular flexibility index (Phi) is 7.95. The number of nitrogens with one attached hydrogen (secondary N) is 1. The Hall–Kier alpha value is -0.230. The quantitative estimate of drug-likeness (QED) is 0.759. The van der Waals surface area contributed by atoms with Crippen LogP contribution in [0.5, 0.6) is 0 Å². The maximum absolute atomic E-state index is 6.36. The van der Waals surface area contributed by atoms with E-state index in [2.05, 4.69) is 50.2 Å². The number of hydrogen-bond acceptors (Lipinski definition) is 4. The predicted molar refractivity (Wildman–Crippen MR) is 89.8 cm³/mol. The summed E-state index contributed by atoms with van der Waals surface area (Å²) in [5.41, 5.74) is 1.11. The van der Waals surface area contributed by atoms with Gasteiger partial charge in [0.25, 0.3) is 0 Å². The van der Waals surface area contributed by atoms with Crippen LogP contribution in [0.4, 0.5) is 0 Å². The summed E-state index contributed by atoms with van der Waals surface area (Å²) in [7, 11) is 4.14. The average Bonchev–Trinajstić information content (AvgIpc) is 2.73. The largest absolute Gasteiger partial charge is 0.308 e. The fourth-order valence-electron chi connectivity index (χ4n) is 1.96. The first-order valence-corrected chi connectivity index (χ1v) is 8.59. The van der Waals surface area contributed by atoms with Crippen LogP contribution in [-0.2, 0) is 6.54 Å². The van der Waals surface area contributed by atoms with Crippen molar-refractivity contribution < 1.29 is 0 Å². The van der Waals surface area contributed by atoms with Crippen LogP contribution in [0.1, 0.15) is 32.5 Å². The minimum Gasteiger partial charge on any atom is -0.308 e. The minimum absolute atomic E-state index is 0.254. The first-order valence-electron chi connectivity index (χ1n) is 7.16. The standard InChI is InChI=1S/C14H27ClN4S/c1-6-16-13(10-20-11(2)3)14-12(15)9-17-19(14)8-7-18(4)5/h9,11,13,16H,6-8,10H2,1-5H3. The second-order valence-electron chi connectivity index (χ2n) is 5.40. The van der Waals surface area contributed by atoms with E-state index < -0.39 is 0 Å². The Morgan fingerprint density at radius 2 is 2.15 bits per heavy atom. The van der Waals surface area contributed by atoms with E-state index in [9.17, 15) is 0 Å². The van der Waals surface area contributed by atoms with Gasteiger partial charge in [0, 0.05) is 12.3 Å². The van der Waals surface area contributed by atoms with E-state index in [1.54, 1.807) is 6.20 Å². The van der Waals surface area contributed by atoms with Crippen LogP contribution in [0.2, 0.25) is 5.02 Å². The van der Waals surface area contributed by atoms with Crippen molar-refractivity contribution in [2.75, 3.05) is 32.9 Å². The van der Waals surface area contributed by atoms with Crippen LogP contribution in [0.25, 0.3) is 0 Å². The Bertz CT molecular complexity index is 393. The van der Waals surface area contributed by atoms with E-state index in [0.29, 0.717) is 5.25 Å². The molecule has 0 radical (unpaired) electrons. The fraction of sp³-hybridized carbons (Fsp3) is 0.786. The molecule has 0 saturated carbocycles. The van der Waals surface area contributed by atoms with Gasteiger partial charge in [-0.3, -0.25) is 4.68 Å². The van der Waals surface area contributed by atoms with Crippen molar-refractivity contribution in [2.24, 2.45) is 0 Å². The second-order valence-corrected chi connectivity index (χ2v) is 7.41. The highest BCUT2D eigenvalue weighted by Gasteiger charge is 2.20. The van der Waals surface area contributed by atoms with Crippen molar-refractivity contribution in [3.63, 3.8) is 0 Å². The summed E-state index contributed by atoms with van der Waals surface area (Å²) in [6.07, 6.45) is 1.76. The van der Waals surface area contributed by atoms with Gasteiger partial charge in [0.15, 0.2) is 0 Å². The van der Waals surface area contributed by atoms with Crippen LogP contribution in [0, 0.1) is 0 Å². The lowest BCUT2D eigenvalue weighted by molar-refractivity contribution is 0.364. The summed E-state index contributed by atoms with van der Waals surface area (Å²) in [5, 5.41) is 9.34. The number of rotatable bonds is 9. The van der Waals surface area contributed by atoms with Crippen molar-refractivity contribution in [3.05, 3.63) is 16.9 Å². The summed E-state index contributed by atoms with van der Waals surface area (Å²) >= 11 is 8.31. The highest BCUT2D eigenvalue weighted by atomic mass is 35.5. The zero-order valence-corrected chi connectivity index (χ0v) is 14.8. The molecule has 1 heterocycles. The van der Waals surface area contributed by atoms with Crippen LogP contribution in [0.15, 0.2) is 6.20 Å². The number of aromatic nitrogens is 2. The Morgan fingerprint density at radius 1 is 1.45 bits per heavy atom. The molecule has 0 amide bonds. The molecule has 0 spiro atoms. The number of hydrogen-bond donors (Lipinski definition) is 1. The van der Waals surface area contributed by atoms with Gasteiger partial charge in [-0.2, -0.15) is 16.9 Å². The lowest BCUT2D eigenvalue weighted by atomic mass is 10.2. The van der Waals surface area contributed by atoms with Crippen molar-refractivity contribution >= 4 is 23.4 Å². The molecule has 6 heteroatoms. The summed E-state index contributed by atoms with van der Waals surface area (Å²) < 4.78 is 2.04. The lowest BCUT2D eigenvalue weighted by Crippen LogP contribution is -2.28. The topological polar surface area (TPSA) is 33.1 Å². The van der Waals surface area contributed by atoms with Crippen molar-refractivity contribution in [1.29, 1.82) is 0 Å². The number of likely N-dealkylation sites (N-methyl/N-ethyl adjacent to an activating group) is 1. The van der Waals surface area contributed by atoms with Crippen LogP contribution >= 0.6 is 23.4 Å². The minimum atomic E-state index is 0.254. The van der Waals surface area contributed by atoms with Gasteiger partial charge < -0.3 is 10.2 Å². The summed E-state index contributed by atoms with van der Waals surface area (Å²) in [5.74, 6) is 1.01. The predicted octanol–water partition coefficient (Wildman–Crippen LogP) is 2.89. The van der Waals surface area contributed by atoms with Gasteiger partial charge in [0.05, 0.1) is 29.5 Å². The zero-order valence-electron chi connectivity index (χ0n) is 13.2. The maximum Gasteiger partial charge on any atom is 0.0834 e. The van der Waals surface area contributed by atoms with Gasteiger partial charge in [-0.25, -0.2) is 0 Å². The molecule has 4 nitrogen and oxygen atoms in total. The Labute approximate surface area is 132 Å². The molecule has 0 aromatic carbocycles. The highest BCUT2D eigenvalue weighted by molar-refractivity contribution is 7.99. The molecule has 0 aliphatic carbocycles. The van der Waals surface area contributed by atoms with Gasteiger partial charge in [0.2, 0.25) is 0 Å². The molecule has 1 aromatic rings. The average molecular weight is 319 g/mol. The normalized spacial score (nSPS) is 13.4. The van der Waals surface area contributed by atoms with Gasteiger partial charge >= 0.3 is 0 Å². The highest BCUT2D eigenvalue weighted by Crippen LogP contribution is 2.27. The molecule has 0 fully saturated rings. The lowest BCUT2D eigenvalue weighted by Gasteiger charge is -2.21. The van der Waals surface area contributed by atoms with Gasteiger partial charge in [-0.1, -0.05) is 32.4 Å². The van der Waals surface area contributed by atoms with E-state index in [0.717, 1.165) is 36.1 Å². The van der Waals surface area contributed by atoms with Crippen molar-refractivity contribution in [3.8, 4) is 0 Å². The van der Waals surface area contributed by atoms with Crippen LogP contribution in [0.3, 0.4) is 0 Å². The second kappa shape index (κ2) is 8.93. The number of thioether (sulfide) groups is 1. The summed E-state index contributed by atoms with van der Waals surface area (Å²) in [6.45, 7) is 9.32. The molecule has 0 aliphatic rings. The van der Waals surface area contributed by atoms with Gasteiger partial charge in [0.1, 0.15) is 0 Å². The molecule has 1 rings (SSSR count). The molecule has 116 valence electrons. The van der Waals surface area contributed by atoms with E-state index in [4.69, 9.17) is 11.6 Å². The smallest absolute Gasteiger partial charge is 0.0834 e. The van der Waals surface area contributed by atoms with E-state index >= 15 is 0 Å². The summed E-state index contributed by atoms with van der Waals surface area (Å²) in [6, 6.07) is 0.254. The molecule has 1 N–H and O–H groups in total. The zero-order chi connectivity index (χ0) is 15.1. The molecular weight excluding hydrogens is 292 g/mol. The first kappa shape index (κ1) is 17.8. The fourth-order valence-corrected chi connectivity index (χ4v) is 3.09. The molecule has 20 heavy (non-hydrogen) atoms. The van der Waals surface area contributed by atoms with Crippen molar-refractivity contribution in [1.82, 2.24) is 20.0 Å². The SMILES string of the molecule is CCNC(CSC(C)C)c1c(Cl)cnn1CCN(C)C. The Morgan fingerprint density at radius 3 is 2.70 bits per heavy atom. The molecular formula is C14H27ClN4S. The molecule has 0 aliphatic heterocycles. The first-order chi connectivity index (χ1) is 9.45. The van der Waals surface area contributed by atoms with Gasteiger partial charge in [-0.15, -0.1) is 0 Å². The molecule has 1 atom stereocenters. The third-order valence-corrected chi connectivity index (χ3v) is 4.45. The van der Waals surface area contributed by atoms with Gasteiger partial charge in [-0.05, 0) is 25.9 Å². The Balaban J connectivity index is 2.84. The monoisotopic (exact) mass is 318 g/mol. The van der Waals surface area contributed by atoms with Crippen LogP contribution in [-0.4, -0.2) is 52.9 Å². The van der Waals surface area contributed by atoms with Crippen LogP contribution < -0.4 is 5.32 Å². The van der Waals surface area contributed by atoms with E-state index in [1.807, 2.05) is 16.4 Å². The van der Waals surface area contributed by atoms with Crippen molar-refractivity contribution in [2.45, 2.75) is 38.6 Å². The molecule has 0 saturated heterocycles. The van der Waals surface area contributed by atoms with E-state index in [1.165, 1.54) is 0 Å². The number of nitrogens with zero attached hydrogens (tertiary/aromatic N) is 3. The maximum atomic E-state index is 6.36. The molecule has 0 bridgehead atoms. The van der Waals surface area contributed by atoms with E-state index in [-0.39, 0.29) is 6.04 Å².